The van der Waals surface area contributed by atoms with Gasteiger partial charge in [0.15, 0.2) is 0 Å². The maximum absolute atomic E-state index is 11.8. The largest absolute Gasteiger partial charge is 0.481 e. The van der Waals surface area contributed by atoms with Gasteiger partial charge in [0.1, 0.15) is 5.60 Å². The number of carbonyl (C=O) groups is 1. The van der Waals surface area contributed by atoms with Crippen LogP contribution in [0.4, 0.5) is 0 Å². The number of rotatable bonds is 5. The van der Waals surface area contributed by atoms with E-state index >= 15 is 0 Å². The molecule has 1 aromatic heterocycles. The van der Waals surface area contributed by atoms with Crippen molar-refractivity contribution in [2.24, 2.45) is 5.41 Å². The standard InChI is InChI=1S/C15H24N2O4/c1-14(2,20-3)12-16-11(21-17-12)10-15(13(18)19)8-6-4-5-7-9-15/h4-10H2,1-3H3,(H,18,19). The van der Waals surface area contributed by atoms with Crippen LogP contribution in [0.25, 0.3) is 0 Å². The lowest BCUT2D eigenvalue weighted by atomic mass is 9.77. The summed E-state index contributed by atoms with van der Waals surface area (Å²) in [5.74, 6) is 0.0868. The Balaban J connectivity index is 2.20. The second-order valence-corrected chi connectivity index (χ2v) is 6.40. The van der Waals surface area contributed by atoms with Crippen LogP contribution in [-0.2, 0) is 21.6 Å². The van der Waals surface area contributed by atoms with Gasteiger partial charge >= 0.3 is 5.97 Å². The van der Waals surface area contributed by atoms with Gasteiger partial charge in [-0.05, 0) is 26.7 Å². The fourth-order valence-electron chi connectivity index (χ4n) is 2.82. The van der Waals surface area contributed by atoms with Crippen LogP contribution < -0.4 is 0 Å². The third-order valence-electron chi connectivity index (χ3n) is 4.52. The Bertz CT molecular complexity index is 488. The van der Waals surface area contributed by atoms with Crippen molar-refractivity contribution < 1.29 is 19.2 Å². The maximum atomic E-state index is 11.8. The van der Waals surface area contributed by atoms with E-state index in [1.807, 2.05) is 13.8 Å². The van der Waals surface area contributed by atoms with Crippen molar-refractivity contribution in [2.75, 3.05) is 7.11 Å². The highest BCUT2D eigenvalue weighted by atomic mass is 16.5. The molecule has 0 unspecified atom stereocenters. The van der Waals surface area contributed by atoms with Crippen LogP contribution in [-0.4, -0.2) is 28.3 Å². The van der Waals surface area contributed by atoms with Gasteiger partial charge < -0.3 is 14.4 Å². The van der Waals surface area contributed by atoms with Crippen LogP contribution in [0.15, 0.2) is 4.52 Å². The average molecular weight is 296 g/mol. The third kappa shape index (κ3) is 3.43. The minimum absolute atomic E-state index is 0.301. The highest BCUT2D eigenvalue weighted by molar-refractivity contribution is 5.74. The molecule has 1 heterocycles. The Labute approximate surface area is 124 Å². The van der Waals surface area contributed by atoms with E-state index in [1.54, 1.807) is 7.11 Å². The predicted octanol–water partition coefficient (Wildman–Crippen LogP) is 2.92. The first kappa shape index (κ1) is 15.9. The van der Waals surface area contributed by atoms with Crippen LogP contribution in [0.5, 0.6) is 0 Å². The zero-order valence-corrected chi connectivity index (χ0v) is 13.0. The monoisotopic (exact) mass is 296 g/mol. The van der Waals surface area contributed by atoms with Gasteiger partial charge in [0, 0.05) is 13.5 Å². The van der Waals surface area contributed by atoms with Gasteiger partial charge in [-0.2, -0.15) is 4.98 Å². The van der Waals surface area contributed by atoms with Crippen molar-refractivity contribution in [1.29, 1.82) is 0 Å². The van der Waals surface area contributed by atoms with Gasteiger partial charge in [0.05, 0.1) is 5.41 Å². The van der Waals surface area contributed by atoms with Gasteiger partial charge in [-0.3, -0.25) is 4.79 Å². The lowest BCUT2D eigenvalue weighted by Gasteiger charge is -2.26. The van der Waals surface area contributed by atoms with Crippen LogP contribution >= 0.6 is 0 Å². The zero-order valence-electron chi connectivity index (χ0n) is 13.0. The molecule has 1 saturated carbocycles. The molecule has 0 aromatic carbocycles. The summed E-state index contributed by atoms with van der Waals surface area (Å²) in [5, 5.41) is 13.6. The first-order valence-corrected chi connectivity index (χ1v) is 7.51. The number of carboxylic acids is 1. The van der Waals surface area contributed by atoms with E-state index in [4.69, 9.17) is 9.26 Å². The number of hydrogen-bond acceptors (Lipinski definition) is 5. The second kappa shape index (κ2) is 6.13. The van der Waals surface area contributed by atoms with Crippen LogP contribution in [0, 0.1) is 5.41 Å². The van der Waals surface area contributed by atoms with Gasteiger partial charge in [0.25, 0.3) is 0 Å². The predicted molar refractivity (Wildman–Crippen MR) is 75.8 cm³/mol. The molecule has 1 aliphatic carbocycles. The highest BCUT2D eigenvalue weighted by Gasteiger charge is 2.41. The van der Waals surface area contributed by atoms with Crippen LogP contribution in [0.2, 0.25) is 0 Å². The molecule has 0 atom stereocenters. The quantitative estimate of drug-likeness (QED) is 0.841. The van der Waals surface area contributed by atoms with E-state index in [0.717, 1.165) is 25.7 Å². The SMILES string of the molecule is COC(C)(C)c1noc(CC2(C(=O)O)CCCCCC2)n1. The lowest BCUT2D eigenvalue weighted by Crippen LogP contribution is -2.33. The molecule has 0 saturated heterocycles. The van der Waals surface area contributed by atoms with Crippen molar-refractivity contribution in [1.82, 2.24) is 10.1 Å². The molecule has 0 aliphatic heterocycles. The zero-order chi connectivity index (χ0) is 15.5. The Morgan fingerprint density at radius 2 is 1.95 bits per heavy atom. The minimum Gasteiger partial charge on any atom is -0.481 e. The van der Waals surface area contributed by atoms with Crippen molar-refractivity contribution in [3.8, 4) is 0 Å². The summed E-state index contributed by atoms with van der Waals surface area (Å²) in [5.41, 5.74) is -1.40. The van der Waals surface area contributed by atoms with E-state index in [9.17, 15) is 9.90 Å². The Kier molecular flexibility index (Phi) is 4.66. The van der Waals surface area contributed by atoms with E-state index in [2.05, 4.69) is 10.1 Å². The first-order chi connectivity index (χ1) is 9.89. The summed E-state index contributed by atoms with van der Waals surface area (Å²) in [7, 11) is 1.58. The van der Waals surface area contributed by atoms with Crippen molar-refractivity contribution in [2.45, 2.75) is 64.4 Å². The number of aliphatic carboxylic acids is 1. The molecule has 0 spiro atoms. The Morgan fingerprint density at radius 3 is 2.48 bits per heavy atom. The van der Waals surface area contributed by atoms with E-state index in [1.165, 1.54) is 0 Å². The van der Waals surface area contributed by atoms with Crippen molar-refractivity contribution >= 4 is 5.97 Å². The average Bonchev–Trinajstić information content (AvgIpc) is 2.78. The molecular formula is C15H24N2O4. The molecule has 2 rings (SSSR count). The summed E-state index contributed by atoms with van der Waals surface area (Å²) in [6.07, 6.45) is 5.73. The number of ether oxygens (including phenoxy) is 1. The van der Waals surface area contributed by atoms with E-state index in [0.29, 0.717) is 31.0 Å². The molecule has 1 aliphatic rings. The van der Waals surface area contributed by atoms with Crippen LogP contribution in [0.1, 0.15) is 64.1 Å². The number of hydrogen-bond donors (Lipinski definition) is 1. The number of carboxylic acid groups (broad SMARTS) is 1. The Hall–Kier alpha value is -1.43. The topological polar surface area (TPSA) is 85.5 Å². The highest BCUT2D eigenvalue weighted by Crippen LogP contribution is 2.38. The normalized spacial score (nSPS) is 19.2. The third-order valence-corrected chi connectivity index (χ3v) is 4.52. The second-order valence-electron chi connectivity index (χ2n) is 6.40. The molecule has 1 aromatic rings. The minimum atomic E-state index is -0.766. The lowest BCUT2D eigenvalue weighted by molar-refractivity contribution is -0.150. The molecule has 6 nitrogen and oxygen atoms in total. The summed E-state index contributed by atoms with van der Waals surface area (Å²) >= 11 is 0. The molecule has 0 radical (unpaired) electrons. The van der Waals surface area contributed by atoms with Gasteiger partial charge in [-0.1, -0.05) is 30.8 Å². The fraction of sp³-hybridized carbons (Fsp3) is 0.800. The number of methoxy groups -OCH3 is 1. The maximum Gasteiger partial charge on any atom is 0.310 e. The van der Waals surface area contributed by atoms with Crippen molar-refractivity contribution in [3.63, 3.8) is 0 Å². The summed E-state index contributed by atoms with van der Waals surface area (Å²) in [4.78, 5) is 16.1. The number of nitrogens with zero attached hydrogens (tertiary/aromatic N) is 2. The summed E-state index contributed by atoms with van der Waals surface area (Å²) < 4.78 is 10.6. The summed E-state index contributed by atoms with van der Waals surface area (Å²) in [6, 6.07) is 0. The molecule has 0 amide bonds. The molecule has 1 fully saturated rings. The van der Waals surface area contributed by atoms with E-state index in [-0.39, 0.29) is 0 Å². The first-order valence-electron chi connectivity index (χ1n) is 7.51. The van der Waals surface area contributed by atoms with Gasteiger partial charge in [-0.25, -0.2) is 0 Å². The Morgan fingerprint density at radius 1 is 1.33 bits per heavy atom. The number of aromatic nitrogens is 2. The smallest absolute Gasteiger partial charge is 0.310 e. The molecular weight excluding hydrogens is 272 g/mol. The van der Waals surface area contributed by atoms with Crippen molar-refractivity contribution in [3.05, 3.63) is 11.7 Å². The molecule has 6 heteroatoms. The summed E-state index contributed by atoms with van der Waals surface area (Å²) in [6.45, 7) is 3.69. The molecule has 0 bridgehead atoms. The van der Waals surface area contributed by atoms with Crippen LogP contribution in [0.3, 0.4) is 0 Å². The van der Waals surface area contributed by atoms with Gasteiger partial charge in [-0.15, -0.1) is 0 Å². The van der Waals surface area contributed by atoms with E-state index < -0.39 is 17.0 Å². The van der Waals surface area contributed by atoms with Gasteiger partial charge in [0.2, 0.25) is 11.7 Å². The fourth-order valence-corrected chi connectivity index (χ4v) is 2.82. The molecule has 1 N–H and O–H groups in total. The molecule has 21 heavy (non-hydrogen) atoms. The molecule has 118 valence electrons.